The first-order valence-electron chi connectivity index (χ1n) is 4.17. The van der Waals surface area contributed by atoms with Crippen LogP contribution in [0.1, 0.15) is 12.5 Å². The van der Waals surface area contributed by atoms with Crippen molar-refractivity contribution in [2.24, 2.45) is 0 Å². The predicted octanol–water partition coefficient (Wildman–Crippen LogP) is 2.31. The van der Waals surface area contributed by atoms with Gasteiger partial charge < -0.3 is 5.32 Å². The maximum absolute atomic E-state index is 4.03. The van der Waals surface area contributed by atoms with Crippen molar-refractivity contribution in [2.75, 3.05) is 7.05 Å². The summed E-state index contributed by atoms with van der Waals surface area (Å²) in [7, 11) is 1.94. The molecule has 1 nitrogen and oxygen atoms in total. The molecule has 0 saturated carbocycles. The van der Waals surface area contributed by atoms with Crippen LogP contribution in [0.2, 0.25) is 0 Å². The molecule has 0 heterocycles. The van der Waals surface area contributed by atoms with E-state index in [0.29, 0.717) is 6.04 Å². The number of benzene rings is 1. The number of hydrogen-bond acceptors (Lipinski definition) is 1. The van der Waals surface area contributed by atoms with Crippen LogP contribution in [0.3, 0.4) is 0 Å². The van der Waals surface area contributed by atoms with Gasteiger partial charge in [0.1, 0.15) is 0 Å². The third kappa shape index (κ3) is 1.95. The van der Waals surface area contributed by atoms with E-state index in [1.807, 2.05) is 25.2 Å². The molecule has 0 bridgehead atoms. The van der Waals surface area contributed by atoms with Crippen molar-refractivity contribution in [3.05, 3.63) is 42.5 Å². The lowest BCUT2D eigenvalue weighted by Gasteiger charge is -2.13. The Balaban J connectivity index is 2.79. The molecule has 0 aliphatic carbocycles. The van der Waals surface area contributed by atoms with Gasteiger partial charge in [-0.25, -0.2) is 0 Å². The molecule has 0 radical (unpaired) electrons. The second kappa shape index (κ2) is 4.07. The van der Waals surface area contributed by atoms with Gasteiger partial charge in [-0.2, -0.15) is 0 Å². The molecule has 0 amide bonds. The smallest absolute Gasteiger partial charge is 0.0289 e. The molecular formula is C11H15N. The van der Waals surface area contributed by atoms with Crippen LogP contribution in [0, 0.1) is 0 Å². The minimum atomic E-state index is 0.340. The van der Waals surface area contributed by atoms with Gasteiger partial charge in [0, 0.05) is 6.04 Å². The Hall–Kier alpha value is -1.08. The quantitative estimate of drug-likeness (QED) is 0.717. The van der Waals surface area contributed by atoms with Crippen LogP contribution in [0.5, 0.6) is 0 Å². The predicted molar refractivity (Wildman–Crippen MR) is 54.0 cm³/mol. The van der Waals surface area contributed by atoms with E-state index in [1.54, 1.807) is 0 Å². The zero-order valence-corrected chi connectivity index (χ0v) is 7.67. The van der Waals surface area contributed by atoms with Crippen LogP contribution in [0.25, 0.3) is 5.57 Å². The first-order valence-corrected chi connectivity index (χ1v) is 4.17. The third-order valence-corrected chi connectivity index (χ3v) is 2.10. The highest BCUT2D eigenvalue weighted by atomic mass is 14.9. The molecule has 0 aliphatic rings. The summed E-state index contributed by atoms with van der Waals surface area (Å²) in [5.74, 6) is 0. The lowest BCUT2D eigenvalue weighted by molar-refractivity contribution is 0.746. The molecular weight excluding hydrogens is 146 g/mol. The Morgan fingerprint density at radius 1 is 1.33 bits per heavy atom. The van der Waals surface area contributed by atoms with Gasteiger partial charge in [-0.1, -0.05) is 36.9 Å². The van der Waals surface area contributed by atoms with E-state index in [-0.39, 0.29) is 0 Å². The van der Waals surface area contributed by atoms with Crippen molar-refractivity contribution in [3.8, 4) is 0 Å². The van der Waals surface area contributed by atoms with E-state index in [2.05, 4.69) is 31.0 Å². The molecule has 0 spiro atoms. The summed E-state index contributed by atoms with van der Waals surface area (Å²) in [5, 5.41) is 3.16. The molecule has 0 saturated heterocycles. The van der Waals surface area contributed by atoms with Gasteiger partial charge in [-0.05, 0) is 25.1 Å². The first-order chi connectivity index (χ1) is 5.75. The highest BCUT2D eigenvalue weighted by Crippen LogP contribution is 2.14. The van der Waals surface area contributed by atoms with E-state index in [1.165, 1.54) is 5.56 Å². The summed E-state index contributed by atoms with van der Waals surface area (Å²) in [5.41, 5.74) is 2.34. The normalized spacial score (nSPS) is 12.5. The van der Waals surface area contributed by atoms with Crippen molar-refractivity contribution in [2.45, 2.75) is 13.0 Å². The van der Waals surface area contributed by atoms with E-state index in [0.717, 1.165) is 5.57 Å². The molecule has 1 heteroatoms. The van der Waals surface area contributed by atoms with Gasteiger partial charge in [-0.15, -0.1) is 0 Å². The molecule has 64 valence electrons. The van der Waals surface area contributed by atoms with Crippen molar-refractivity contribution < 1.29 is 0 Å². The molecule has 1 aromatic rings. The fraction of sp³-hybridized carbons (Fsp3) is 0.273. The van der Waals surface area contributed by atoms with E-state index in [4.69, 9.17) is 0 Å². The zero-order chi connectivity index (χ0) is 8.97. The van der Waals surface area contributed by atoms with Crippen molar-refractivity contribution in [3.63, 3.8) is 0 Å². The van der Waals surface area contributed by atoms with Crippen molar-refractivity contribution >= 4 is 5.57 Å². The van der Waals surface area contributed by atoms with Crippen LogP contribution in [-0.2, 0) is 0 Å². The number of rotatable bonds is 3. The minimum Gasteiger partial charge on any atom is -0.313 e. The molecule has 0 aromatic heterocycles. The summed E-state index contributed by atoms with van der Waals surface area (Å²) in [6.07, 6.45) is 0. The average Bonchev–Trinajstić information content (AvgIpc) is 2.17. The van der Waals surface area contributed by atoms with Gasteiger partial charge in [-0.3, -0.25) is 0 Å². The van der Waals surface area contributed by atoms with Crippen LogP contribution >= 0.6 is 0 Å². The Labute approximate surface area is 74.1 Å². The summed E-state index contributed by atoms with van der Waals surface area (Å²) < 4.78 is 0. The van der Waals surface area contributed by atoms with E-state index < -0.39 is 0 Å². The van der Waals surface area contributed by atoms with Crippen LogP contribution in [-0.4, -0.2) is 13.1 Å². The van der Waals surface area contributed by atoms with Crippen molar-refractivity contribution in [1.29, 1.82) is 0 Å². The minimum absolute atomic E-state index is 0.340. The van der Waals surface area contributed by atoms with Crippen molar-refractivity contribution in [1.82, 2.24) is 5.32 Å². The Kier molecular flexibility index (Phi) is 3.06. The maximum atomic E-state index is 4.03. The first kappa shape index (κ1) is 9.01. The van der Waals surface area contributed by atoms with E-state index >= 15 is 0 Å². The molecule has 0 fully saturated rings. The molecule has 1 N–H and O–H groups in total. The Morgan fingerprint density at radius 2 is 1.92 bits per heavy atom. The largest absolute Gasteiger partial charge is 0.313 e. The van der Waals surface area contributed by atoms with E-state index in [9.17, 15) is 0 Å². The second-order valence-electron chi connectivity index (χ2n) is 2.90. The SMILES string of the molecule is C=C(c1ccccc1)[C@@H](C)NC. The lowest BCUT2D eigenvalue weighted by atomic mass is 10.0. The Morgan fingerprint density at radius 3 is 2.42 bits per heavy atom. The molecule has 1 rings (SSSR count). The summed E-state index contributed by atoms with van der Waals surface area (Å²) >= 11 is 0. The second-order valence-corrected chi connectivity index (χ2v) is 2.90. The standard InChI is InChI=1S/C11H15N/c1-9(10(2)12-3)11-7-5-4-6-8-11/h4-8,10,12H,1H2,2-3H3/t10-/m1/s1. The highest BCUT2D eigenvalue weighted by Gasteiger charge is 2.04. The molecule has 1 aromatic carbocycles. The summed E-state index contributed by atoms with van der Waals surface area (Å²) in [6, 6.07) is 10.6. The maximum Gasteiger partial charge on any atom is 0.0289 e. The molecule has 0 unspecified atom stereocenters. The third-order valence-electron chi connectivity index (χ3n) is 2.10. The van der Waals surface area contributed by atoms with Crippen LogP contribution in [0.4, 0.5) is 0 Å². The molecule has 1 atom stereocenters. The molecule has 12 heavy (non-hydrogen) atoms. The van der Waals surface area contributed by atoms with Gasteiger partial charge in [0.15, 0.2) is 0 Å². The van der Waals surface area contributed by atoms with Crippen LogP contribution in [0.15, 0.2) is 36.9 Å². The summed E-state index contributed by atoms with van der Waals surface area (Å²) in [4.78, 5) is 0. The van der Waals surface area contributed by atoms with Crippen LogP contribution < -0.4 is 5.32 Å². The topological polar surface area (TPSA) is 12.0 Å². The number of nitrogens with one attached hydrogen (secondary N) is 1. The Bertz CT molecular complexity index is 251. The lowest BCUT2D eigenvalue weighted by Crippen LogP contribution is -2.21. The monoisotopic (exact) mass is 161 g/mol. The van der Waals surface area contributed by atoms with Gasteiger partial charge in [0.25, 0.3) is 0 Å². The fourth-order valence-electron chi connectivity index (χ4n) is 1.08. The fourth-order valence-corrected chi connectivity index (χ4v) is 1.08. The van der Waals surface area contributed by atoms with Gasteiger partial charge in [0.05, 0.1) is 0 Å². The zero-order valence-electron chi connectivity index (χ0n) is 7.67. The molecule has 0 aliphatic heterocycles. The summed E-state index contributed by atoms with van der Waals surface area (Å²) in [6.45, 7) is 6.14. The number of hydrogen-bond donors (Lipinski definition) is 1. The number of likely N-dealkylation sites (N-methyl/N-ethyl adjacent to an activating group) is 1. The highest BCUT2D eigenvalue weighted by molar-refractivity contribution is 5.66. The van der Waals surface area contributed by atoms with Gasteiger partial charge in [0.2, 0.25) is 0 Å². The van der Waals surface area contributed by atoms with Gasteiger partial charge >= 0.3 is 0 Å². The average molecular weight is 161 g/mol.